The van der Waals surface area contributed by atoms with E-state index in [-0.39, 0.29) is 24.6 Å². The molecule has 1 saturated heterocycles. The zero-order chi connectivity index (χ0) is 21.6. The van der Waals surface area contributed by atoms with Crippen LogP contribution < -0.4 is 0 Å². The number of ether oxygens (including phenoxy) is 2. The Balaban J connectivity index is 1.98. The van der Waals surface area contributed by atoms with Crippen LogP contribution in [0.15, 0.2) is 24.0 Å². The van der Waals surface area contributed by atoms with Gasteiger partial charge in [0, 0.05) is 31.1 Å². The summed E-state index contributed by atoms with van der Waals surface area (Å²) in [6.07, 6.45) is 0.753. The molecule has 2 rings (SSSR count). The topological polar surface area (TPSA) is 76.0 Å². The minimum atomic E-state index is -3.26. The van der Waals surface area contributed by atoms with E-state index in [2.05, 4.69) is 4.74 Å². The highest BCUT2D eigenvalue weighted by Gasteiger charge is 2.53. The molecule has 166 valence electrons. The molecule has 6 atom stereocenters. The molecule has 0 spiro atoms. The van der Waals surface area contributed by atoms with Crippen LogP contribution >= 0.6 is 0 Å². The number of fused-ring (bicyclic) bond motifs is 1. The molecular formula is C21H31F3O5. The maximum Gasteiger partial charge on any atom is 0.305 e. The largest absolute Gasteiger partial charge is 0.491 e. The Morgan fingerprint density at radius 2 is 2.14 bits per heavy atom. The van der Waals surface area contributed by atoms with Crippen LogP contribution in [0.5, 0.6) is 0 Å². The lowest BCUT2D eigenvalue weighted by atomic mass is 9.89. The summed E-state index contributed by atoms with van der Waals surface area (Å²) < 4.78 is 52.9. The maximum absolute atomic E-state index is 14.9. The molecule has 29 heavy (non-hydrogen) atoms. The first-order valence-electron chi connectivity index (χ1n) is 10.2. The maximum atomic E-state index is 14.9. The minimum absolute atomic E-state index is 0.156. The molecule has 0 bridgehead atoms. The summed E-state index contributed by atoms with van der Waals surface area (Å²) in [5.74, 6) is -4.85. The molecule has 5 nitrogen and oxygen atoms in total. The molecular weight excluding hydrogens is 389 g/mol. The second-order valence-electron chi connectivity index (χ2n) is 7.78. The van der Waals surface area contributed by atoms with Crippen molar-refractivity contribution in [1.82, 2.24) is 0 Å². The quantitative estimate of drug-likeness (QED) is 0.320. The first-order valence-corrected chi connectivity index (χ1v) is 10.2. The minimum Gasteiger partial charge on any atom is -0.491 e. The molecule has 1 heterocycles. The van der Waals surface area contributed by atoms with E-state index in [1.165, 1.54) is 13.2 Å². The fourth-order valence-corrected chi connectivity index (χ4v) is 3.94. The van der Waals surface area contributed by atoms with Gasteiger partial charge in [0.05, 0.1) is 13.2 Å². The number of carbonyl (C=O) groups is 1. The molecule has 0 radical (unpaired) electrons. The normalized spacial score (nSPS) is 31.8. The molecule has 0 amide bonds. The number of unbranched alkanes of at least 4 members (excludes halogenated alkanes) is 2. The van der Waals surface area contributed by atoms with Gasteiger partial charge in [-0.3, -0.25) is 4.79 Å². The lowest BCUT2D eigenvalue weighted by Gasteiger charge is -2.22. The number of methoxy groups -OCH3 is 1. The van der Waals surface area contributed by atoms with Gasteiger partial charge in [0.25, 0.3) is 5.92 Å². The molecule has 2 aliphatic rings. The van der Waals surface area contributed by atoms with Gasteiger partial charge in [0.15, 0.2) is 6.17 Å². The molecule has 1 saturated carbocycles. The third-order valence-corrected chi connectivity index (χ3v) is 5.66. The molecule has 2 N–H and O–H groups in total. The van der Waals surface area contributed by atoms with Crippen molar-refractivity contribution in [1.29, 1.82) is 0 Å². The van der Waals surface area contributed by atoms with Gasteiger partial charge in [-0.05, 0) is 25.3 Å². The number of hydrogen-bond acceptors (Lipinski definition) is 5. The highest BCUT2D eigenvalue weighted by Crippen LogP contribution is 2.47. The van der Waals surface area contributed by atoms with Gasteiger partial charge in [0.2, 0.25) is 0 Å². The molecule has 8 heteroatoms. The number of aliphatic hydroxyl groups is 2. The van der Waals surface area contributed by atoms with Crippen molar-refractivity contribution in [2.45, 2.75) is 82.3 Å². The summed E-state index contributed by atoms with van der Waals surface area (Å²) in [6.45, 7) is 1.79. The van der Waals surface area contributed by atoms with Crippen LogP contribution in [-0.2, 0) is 14.3 Å². The number of rotatable bonds is 10. The standard InChI is InChI=1S/C21H31F3O5/c1-3-4-11-21(23,24)17(26)10-9-13-14(25)12-16-19(13)20(22)15(29-16)7-5-6-8-18(27)28-2/h7,9-10,13-14,16-17,19-20,25-26H,3-6,8,11-12H2,1-2H3/t13-,14+,16+,17+,19+,20+/m0/s1. The first-order chi connectivity index (χ1) is 13.7. The van der Waals surface area contributed by atoms with Crippen molar-refractivity contribution in [3.8, 4) is 0 Å². The number of carbonyl (C=O) groups excluding carboxylic acids is 1. The van der Waals surface area contributed by atoms with Crippen LogP contribution in [0.2, 0.25) is 0 Å². The molecule has 1 aliphatic carbocycles. The summed E-state index contributed by atoms with van der Waals surface area (Å²) >= 11 is 0. The first kappa shape index (κ1) is 23.7. The van der Waals surface area contributed by atoms with Crippen molar-refractivity contribution in [3.05, 3.63) is 24.0 Å². The summed E-state index contributed by atoms with van der Waals surface area (Å²) in [4.78, 5) is 11.1. The van der Waals surface area contributed by atoms with Gasteiger partial charge in [-0.1, -0.05) is 25.5 Å². The van der Waals surface area contributed by atoms with Gasteiger partial charge < -0.3 is 19.7 Å². The average molecular weight is 420 g/mol. The predicted octanol–water partition coefficient (Wildman–Crippen LogP) is 3.69. The summed E-state index contributed by atoms with van der Waals surface area (Å²) in [5, 5.41) is 20.0. The summed E-state index contributed by atoms with van der Waals surface area (Å²) in [6, 6.07) is 0. The number of allylic oxidation sites excluding steroid dienone is 2. The second-order valence-corrected chi connectivity index (χ2v) is 7.78. The van der Waals surface area contributed by atoms with E-state index in [0.29, 0.717) is 25.7 Å². The Morgan fingerprint density at radius 3 is 2.79 bits per heavy atom. The number of alkyl halides is 3. The Hall–Kier alpha value is -1.54. The molecule has 1 aliphatic heterocycles. The number of esters is 1. The van der Waals surface area contributed by atoms with E-state index < -0.39 is 48.7 Å². The highest BCUT2D eigenvalue weighted by molar-refractivity contribution is 5.69. The smallest absolute Gasteiger partial charge is 0.305 e. The van der Waals surface area contributed by atoms with Crippen LogP contribution in [0, 0.1) is 11.8 Å². The van der Waals surface area contributed by atoms with Crippen LogP contribution in [0.25, 0.3) is 0 Å². The summed E-state index contributed by atoms with van der Waals surface area (Å²) in [7, 11) is 1.30. The van der Waals surface area contributed by atoms with Crippen molar-refractivity contribution in [2.75, 3.05) is 7.11 Å². The fraction of sp³-hybridized carbons (Fsp3) is 0.762. The zero-order valence-corrected chi connectivity index (χ0v) is 16.9. The van der Waals surface area contributed by atoms with E-state index in [1.54, 1.807) is 13.0 Å². The number of hydrogen-bond donors (Lipinski definition) is 2. The van der Waals surface area contributed by atoms with Crippen LogP contribution in [0.1, 0.15) is 51.9 Å². The molecule has 0 aromatic heterocycles. The SMILES string of the molecule is CCCCC(F)(F)[C@H](O)C=C[C@@H]1[C@H]2[C@H](F)C(=CCCCC(=O)OC)O[C@@H]2C[C@H]1O. The molecule has 0 aromatic rings. The Morgan fingerprint density at radius 1 is 1.41 bits per heavy atom. The van der Waals surface area contributed by atoms with E-state index in [9.17, 15) is 28.2 Å². The predicted molar refractivity (Wildman–Crippen MR) is 101 cm³/mol. The Labute approximate surface area is 169 Å². The van der Waals surface area contributed by atoms with E-state index in [1.807, 2.05) is 0 Å². The van der Waals surface area contributed by atoms with Crippen LogP contribution in [0.3, 0.4) is 0 Å². The highest BCUT2D eigenvalue weighted by atomic mass is 19.3. The van der Waals surface area contributed by atoms with Crippen LogP contribution in [-0.4, -0.2) is 53.7 Å². The van der Waals surface area contributed by atoms with Gasteiger partial charge in [0.1, 0.15) is 18.0 Å². The third-order valence-electron chi connectivity index (χ3n) is 5.66. The Bertz CT molecular complexity index is 607. The van der Waals surface area contributed by atoms with Crippen LogP contribution in [0.4, 0.5) is 13.2 Å². The van der Waals surface area contributed by atoms with Crippen molar-refractivity contribution in [3.63, 3.8) is 0 Å². The van der Waals surface area contributed by atoms with E-state index >= 15 is 0 Å². The fourth-order valence-electron chi connectivity index (χ4n) is 3.94. The Kier molecular flexibility index (Phi) is 8.58. The number of halogens is 3. The lowest BCUT2D eigenvalue weighted by Crippen LogP contribution is -2.32. The molecule has 2 fully saturated rings. The second kappa shape index (κ2) is 10.5. The van der Waals surface area contributed by atoms with E-state index in [4.69, 9.17) is 4.74 Å². The van der Waals surface area contributed by atoms with Gasteiger partial charge in [-0.2, -0.15) is 0 Å². The molecule has 0 aromatic carbocycles. The van der Waals surface area contributed by atoms with Gasteiger partial charge in [-0.15, -0.1) is 0 Å². The molecule has 0 unspecified atom stereocenters. The summed E-state index contributed by atoms with van der Waals surface area (Å²) in [5.41, 5.74) is 0. The zero-order valence-electron chi connectivity index (χ0n) is 16.9. The lowest BCUT2D eigenvalue weighted by molar-refractivity contribution is -0.140. The number of aliphatic hydroxyl groups excluding tert-OH is 2. The van der Waals surface area contributed by atoms with Crippen molar-refractivity contribution < 1.29 is 37.7 Å². The van der Waals surface area contributed by atoms with Crippen molar-refractivity contribution in [2.24, 2.45) is 11.8 Å². The van der Waals surface area contributed by atoms with Gasteiger partial charge >= 0.3 is 5.97 Å². The van der Waals surface area contributed by atoms with Crippen molar-refractivity contribution >= 4 is 5.97 Å². The average Bonchev–Trinajstić information content (AvgIpc) is 3.16. The monoisotopic (exact) mass is 420 g/mol. The van der Waals surface area contributed by atoms with Gasteiger partial charge in [-0.25, -0.2) is 13.2 Å². The van der Waals surface area contributed by atoms with E-state index in [0.717, 1.165) is 6.08 Å². The third kappa shape index (κ3) is 5.98.